The van der Waals surface area contributed by atoms with Crippen molar-refractivity contribution in [1.82, 2.24) is 4.90 Å². The third kappa shape index (κ3) is 3.32. The van der Waals surface area contributed by atoms with Gasteiger partial charge in [0.15, 0.2) is 0 Å². The van der Waals surface area contributed by atoms with Crippen molar-refractivity contribution >= 4 is 5.91 Å². The van der Waals surface area contributed by atoms with Crippen LogP contribution in [0, 0.1) is 22.7 Å². The number of nitriles is 2. The molecule has 0 saturated carbocycles. The van der Waals surface area contributed by atoms with Gasteiger partial charge in [-0.25, -0.2) is 0 Å². The van der Waals surface area contributed by atoms with Gasteiger partial charge in [-0.3, -0.25) is 4.79 Å². The number of rotatable bonds is 4. The van der Waals surface area contributed by atoms with Gasteiger partial charge in [-0.15, -0.1) is 0 Å². The summed E-state index contributed by atoms with van der Waals surface area (Å²) in [7, 11) is 0. The predicted molar refractivity (Wildman–Crippen MR) is 63.0 cm³/mol. The molecule has 0 aromatic heterocycles. The number of hydrogen-bond acceptors (Lipinski definition) is 3. The lowest BCUT2D eigenvalue weighted by Crippen LogP contribution is -2.31. The number of carbonyl (C=O) groups excluding carboxylic acids is 1. The Balaban J connectivity index is 2.87. The molecule has 0 aliphatic carbocycles. The monoisotopic (exact) mass is 227 g/mol. The first-order valence-electron chi connectivity index (χ1n) is 5.39. The second-order valence-corrected chi connectivity index (χ2v) is 3.49. The van der Waals surface area contributed by atoms with Crippen LogP contribution in [-0.4, -0.2) is 23.9 Å². The third-order valence-electron chi connectivity index (χ3n) is 2.40. The summed E-state index contributed by atoms with van der Waals surface area (Å²) in [6.07, 6.45) is 0.317. The highest BCUT2D eigenvalue weighted by Gasteiger charge is 2.13. The molecule has 1 aromatic rings. The van der Waals surface area contributed by atoms with Crippen molar-refractivity contribution in [3.05, 3.63) is 35.4 Å². The van der Waals surface area contributed by atoms with Crippen molar-refractivity contribution in [3.63, 3.8) is 0 Å². The Morgan fingerprint density at radius 1 is 1.41 bits per heavy atom. The molecule has 0 unspecified atom stereocenters. The molecule has 1 rings (SSSR count). The number of carbonyl (C=O) groups is 1. The Labute approximate surface area is 101 Å². The summed E-state index contributed by atoms with van der Waals surface area (Å²) >= 11 is 0. The molecule has 0 aliphatic heterocycles. The number of hydrogen-bond donors (Lipinski definition) is 0. The molecule has 0 spiro atoms. The van der Waals surface area contributed by atoms with E-state index in [1.165, 1.54) is 0 Å². The molecule has 0 bridgehead atoms. The maximum absolute atomic E-state index is 12.1. The first-order chi connectivity index (χ1) is 8.22. The summed E-state index contributed by atoms with van der Waals surface area (Å²) in [5.41, 5.74) is 0.955. The van der Waals surface area contributed by atoms with E-state index in [1.54, 1.807) is 29.2 Å². The van der Waals surface area contributed by atoms with E-state index in [2.05, 4.69) is 0 Å². The minimum absolute atomic E-state index is 0.139. The second kappa shape index (κ2) is 6.30. The van der Waals surface area contributed by atoms with Crippen molar-refractivity contribution in [2.24, 2.45) is 0 Å². The Kier molecular flexibility index (Phi) is 4.72. The van der Waals surface area contributed by atoms with Gasteiger partial charge in [0, 0.05) is 18.7 Å². The maximum atomic E-state index is 12.1. The van der Waals surface area contributed by atoms with Gasteiger partial charge in [-0.1, -0.05) is 6.07 Å². The van der Waals surface area contributed by atoms with Crippen LogP contribution in [0.4, 0.5) is 0 Å². The first kappa shape index (κ1) is 12.7. The molecule has 0 saturated heterocycles. The fraction of sp³-hybridized carbons (Fsp3) is 0.308. The topological polar surface area (TPSA) is 67.9 Å². The average Bonchev–Trinajstić information content (AvgIpc) is 2.39. The van der Waals surface area contributed by atoms with Gasteiger partial charge in [-0.05, 0) is 25.1 Å². The molecular formula is C13H13N3O. The Morgan fingerprint density at radius 3 is 2.76 bits per heavy atom. The van der Waals surface area contributed by atoms with E-state index in [4.69, 9.17) is 10.5 Å². The van der Waals surface area contributed by atoms with Crippen LogP contribution in [0.15, 0.2) is 24.3 Å². The van der Waals surface area contributed by atoms with Crippen molar-refractivity contribution in [2.45, 2.75) is 13.3 Å². The smallest absolute Gasteiger partial charge is 0.253 e. The van der Waals surface area contributed by atoms with Gasteiger partial charge in [0.1, 0.15) is 0 Å². The molecule has 0 heterocycles. The maximum Gasteiger partial charge on any atom is 0.253 e. The number of benzene rings is 1. The first-order valence-corrected chi connectivity index (χ1v) is 5.39. The molecule has 86 valence electrons. The minimum Gasteiger partial charge on any atom is -0.338 e. The van der Waals surface area contributed by atoms with E-state index in [1.807, 2.05) is 19.1 Å². The summed E-state index contributed by atoms with van der Waals surface area (Å²) in [5.74, 6) is -0.139. The number of nitrogens with zero attached hydrogens (tertiary/aromatic N) is 3. The molecule has 4 heteroatoms. The molecule has 1 aromatic carbocycles. The van der Waals surface area contributed by atoms with Gasteiger partial charge in [-0.2, -0.15) is 10.5 Å². The summed E-state index contributed by atoms with van der Waals surface area (Å²) in [6, 6.07) is 10.6. The van der Waals surface area contributed by atoms with Gasteiger partial charge >= 0.3 is 0 Å². The molecule has 17 heavy (non-hydrogen) atoms. The summed E-state index contributed by atoms with van der Waals surface area (Å²) in [4.78, 5) is 13.7. The van der Waals surface area contributed by atoms with E-state index in [0.717, 1.165) is 0 Å². The van der Waals surface area contributed by atoms with E-state index in [-0.39, 0.29) is 5.91 Å². The van der Waals surface area contributed by atoms with E-state index < -0.39 is 0 Å². The van der Waals surface area contributed by atoms with Crippen molar-refractivity contribution in [1.29, 1.82) is 10.5 Å². The van der Waals surface area contributed by atoms with Crippen LogP contribution in [0.25, 0.3) is 0 Å². The minimum atomic E-state index is -0.139. The highest BCUT2D eigenvalue weighted by molar-refractivity contribution is 5.94. The zero-order chi connectivity index (χ0) is 12.7. The second-order valence-electron chi connectivity index (χ2n) is 3.49. The molecule has 1 amide bonds. The van der Waals surface area contributed by atoms with Crippen LogP contribution in [0.1, 0.15) is 29.3 Å². The Hall–Kier alpha value is -2.33. The van der Waals surface area contributed by atoms with E-state index in [0.29, 0.717) is 30.6 Å². The van der Waals surface area contributed by atoms with Crippen LogP contribution in [0.5, 0.6) is 0 Å². The number of amides is 1. The fourth-order valence-electron chi connectivity index (χ4n) is 1.49. The lowest BCUT2D eigenvalue weighted by atomic mass is 10.1. The summed E-state index contributed by atoms with van der Waals surface area (Å²) in [6.45, 7) is 2.84. The SMILES string of the molecule is CCN(CCC#N)C(=O)c1cccc(C#N)c1. The Bertz CT molecular complexity index is 482. The van der Waals surface area contributed by atoms with Gasteiger partial charge < -0.3 is 4.90 Å². The molecule has 0 aliphatic rings. The van der Waals surface area contributed by atoms with Gasteiger partial charge in [0.2, 0.25) is 0 Å². The molecular weight excluding hydrogens is 214 g/mol. The zero-order valence-corrected chi connectivity index (χ0v) is 9.68. The summed E-state index contributed by atoms with van der Waals surface area (Å²) < 4.78 is 0. The molecule has 0 fully saturated rings. The third-order valence-corrected chi connectivity index (χ3v) is 2.40. The zero-order valence-electron chi connectivity index (χ0n) is 9.68. The van der Waals surface area contributed by atoms with E-state index in [9.17, 15) is 4.79 Å². The summed E-state index contributed by atoms with van der Waals surface area (Å²) in [5, 5.41) is 17.3. The van der Waals surface area contributed by atoms with Crippen molar-refractivity contribution in [3.8, 4) is 12.1 Å². The standard InChI is InChI=1S/C13H13N3O/c1-2-16(8-4-7-14)13(17)12-6-3-5-11(9-12)10-15/h3,5-6,9H,2,4,8H2,1H3. The van der Waals surface area contributed by atoms with E-state index >= 15 is 0 Å². The van der Waals surface area contributed by atoms with Crippen LogP contribution >= 0.6 is 0 Å². The lowest BCUT2D eigenvalue weighted by molar-refractivity contribution is 0.0768. The highest BCUT2D eigenvalue weighted by Crippen LogP contribution is 2.08. The van der Waals surface area contributed by atoms with Crippen LogP contribution in [-0.2, 0) is 0 Å². The normalized spacial score (nSPS) is 9.12. The van der Waals surface area contributed by atoms with Gasteiger partial charge in [0.05, 0.1) is 24.1 Å². The van der Waals surface area contributed by atoms with Crippen LogP contribution < -0.4 is 0 Å². The van der Waals surface area contributed by atoms with Crippen LogP contribution in [0.3, 0.4) is 0 Å². The molecule has 0 radical (unpaired) electrons. The van der Waals surface area contributed by atoms with Crippen LogP contribution in [0.2, 0.25) is 0 Å². The van der Waals surface area contributed by atoms with Gasteiger partial charge in [0.25, 0.3) is 5.91 Å². The molecule has 0 atom stereocenters. The fourth-order valence-corrected chi connectivity index (χ4v) is 1.49. The average molecular weight is 227 g/mol. The predicted octanol–water partition coefficient (Wildman–Crippen LogP) is 1.93. The largest absolute Gasteiger partial charge is 0.338 e. The lowest BCUT2D eigenvalue weighted by Gasteiger charge is -2.19. The van der Waals surface area contributed by atoms with Crippen molar-refractivity contribution in [2.75, 3.05) is 13.1 Å². The quantitative estimate of drug-likeness (QED) is 0.789. The highest BCUT2D eigenvalue weighted by atomic mass is 16.2. The molecule has 0 N–H and O–H groups in total. The molecule has 4 nitrogen and oxygen atoms in total. The Morgan fingerprint density at radius 2 is 2.18 bits per heavy atom. The van der Waals surface area contributed by atoms with Crippen molar-refractivity contribution < 1.29 is 4.79 Å².